The summed E-state index contributed by atoms with van der Waals surface area (Å²) in [5.41, 5.74) is 9.72. The fraction of sp³-hybridized carbons (Fsp3) is 0.300. The topological polar surface area (TPSA) is 81.4 Å². The summed E-state index contributed by atoms with van der Waals surface area (Å²) in [6.07, 6.45) is 1.27. The number of aryl methyl sites for hydroxylation is 2. The highest BCUT2D eigenvalue weighted by atomic mass is 16.5. The molecule has 0 heterocycles. The fourth-order valence-electron chi connectivity index (χ4n) is 2.51. The number of nitrogens with two attached hydrogens (primary N) is 1. The van der Waals surface area contributed by atoms with Crippen molar-refractivity contribution >= 4 is 23.1 Å². The highest BCUT2D eigenvalue weighted by Gasteiger charge is 2.10. The number of hydrogen-bond donors (Lipinski definition) is 2. The van der Waals surface area contributed by atoms with Gasteiger partial charge in [-0.2, -0.15) is 0 Å². The van der Waals surface area contributed by atoms with Crippen molar-refractivity contribution < 1.29 is 14.3 Å². The fourth-order valence-corrected chi connectivity index (χ4v) is 2.51. The van der Waals surface area contributed by atoms with E-state index in [1.807, 2.05) is 39.0 Å². The maximum atomic E-state index is 12.1. The maximum absolute atomic E-state index is 12.1. The van der Waals surface area contributed by atoms with E-state index in [0.29, 0.717) is 23.4 Å². The lowest BCUT2D eigenvalue weighted by atomic mass is 10.1. The second-order valence-corrected chi connectivity index (χ2v) is 6.08. The molecule has 132 valence electrons. The van der Waals surface area contributed by atoms with Crippen molar-refractivity contribution in [3.8, 4) is 5.75 Å². The maximum Gasteiger partial charge on any atom is 0.262 e. The molecule has 5 heteroatoms. The SMILES string of the molecule is CCCC(=O)c1ccc(OCC(=O)Nc2ccc(C)cc2C)c(N)c1. The third kappa shape index (κ3) is 5.08. The Labute approximate surface area is 148 Å². The standard InChI is InChI=1S/C20H24N2O3/c1-4-5-18(23)15-7-9-19(16(21)11-15)25-12-20(24)22-17-8-6-13(2)10-14(17)3/h6-11H,4-5,12,21H2,1-3H3,(H,22,24). The third-order valence-corrected chi connectivity index (χ3v) is 3.82. The van der Waals surface area contributed by atoms with Gasteiger partial charge >= 0.3 is 0 Å². The van der Waals surface area contributed by atoms with E-state index in [9.17, 15) is 9.59 Å². The van der Waals surface area contributed by atoms with Crippen molar-refractivity contribution in [1.82, 2.24) is 0 Å². The lowest BCUT2D eigenvalue weighted by Gasteiger charge is -2.12. The van der Waals surface area contributed by atoms with Crippen molar-refractivity contribution in [2.75, 3.05) is 17.7 Å². The molecule has 5 nitrogen and oxygen atoms in total. The molecule has 2 aromatic rings. The van der Waals surface area contributed by atoms with Gasteiger partial charge in [0.15, 0.2) is 12.4 Å². The van der Waals surface area contributed by atoms with Gasteiger partial charge in [0.2, 0.25) is 0 Å². The molecule has 0 fully saturated rings. The van der Waals surface area contributed by atoms with E-state index >= 15 is 0 Å². The van der Waals surface area contributed by atoms with Gasteiger partial charge in [-0.1, -0.05) is 24.6 Å². The summed E-state index contributed by atoms with van der Waals surface area (Å²) in [5, 5.41) is 2.81. The highest BCUT2D eigenvalue weighted by molar-refractivity contribution is 5.97. The number of hydrogen-bond acceptors (Lipinski definition) is 4. The molecule has 0 atom stereocenters. The van der Waals surface area contributed by atoms with Crippen LogP contribution >= 0.6 is 0 Å². The second-order valence-electron chi connectivity index (χ2n) is 6.08. The average Bonchev–Trinajstić information content (AvgIpc) is 2.56. The Kier molecular flexibility index (Phi) is 6.17. The number of anilines is 2. The zero-order chi connectivity index (χ0) is 18.4. The van der Waals surface area contributed by atoms with E-state index in [1.54, 1.807) is 18.2 Å². The molecule has 0 unspecified atom stereocenters. The van der Waals surface area contributed by atoms with Crippen molar-refractivity contribution in [2.24, 2.45) is 0 Å². The van der Waals surface area contributed by atoms with Crippen LogP contribution in [0.1, 0.15) is 41.3 Å². The minimum atomic E-state index is -0.266. The predicted molar refractivity (Wildman–Crippen MR) is 100 cm³/mol. The molecule has 2 aromatic carbocycles. The molecule has 0 aliphatic heterocycles. The van der Waals surface area contributed by atoms with E-state index in [1.165, 1.54) is 0 Å². The van der Waals surface area contributed by atoms with Gasteiger partial charge in [-0.05, 0) is 50.1 Å². The first-order valence-corrected chi connectivity index (χ1v) is 8.33. The van der Waals surface area contributed by atoms with Crippen LogP contribution in [0.15, 0.2) is 36.4 Å². The first kappa shape index (κ1) is 18.5. The lowest BCUT2D eigenvalue weighted by molar-refractivity contribution is -0.118. The van der Waals surface area contributed by atoms with Crippen molar-refractivity contribution in [3.63, 3.8) is 0 Å². The molecular formula is C20H24N2O3. The largest absolute Gasteiger partial charge is 0.482 e. The van der Waals surface area contributed by atoms with Gasteiger partial charge in [0.05, 0.1) is 5.69 Å². The van der Waals surface area contributed by atoms with Gasteiger partial charge in [0.25, 0.3) is 5.91 Å². The van der Waals surface area contributed by atoms with Crippen LogP contribution in [0.5, 0.6) is 5.75 Å². The van der Waals surface area contributed by atoms with E-state index in [0.717, 1.165) is 23.2 Å². The first-order chi connectivity index (χ1) is 11.9. The van der Waals surface area contributed by atoms with E-state index in [-0.39, 0.29) is 18.3 Å². The van der Waals surface area contributed by atoms with Crippen molar-refractivity contribution in [3.05, 3.63) is 53.1 Å². The monoisotopic (exact) mass is 340 g/mol. The van der Waals surface area contributed by atoms with Gasteiger partial charge in [0, 0.05) is 17.7 Å². The molecule has 0 aliphatic rings. The number of rotatable bonds is 7. The molecule has 0 aromatic heterocycles. The number of ether oxygens (including phenoxy) is 1. The number of nitrogen functional groups attached to an aromatic ring is 1. The summed E-state index contributed by atoms with van der Waals surface area (Å²) >= 11 is 0. The summed E-state index contributed by atoms with van der Waals surface area (Å²) in [4.78, 5) is 23.9. The summed E-state index contributed by atoms with van der Waals surface area (Å²) < 4.78 is 5.48. The van der Waals surface area contributed by atoms with Crippen molar-refractivity contribution in [1.29, 1.82) is 0 Å². The Balaban J connectivity index is 1.96. The van der Waals surface area contributed by atoms with Crippen LogP contribution < -0.4 is 15.8 Å². The quantitative estimate of drug-likeness (QED) is 0.592. The van der Waals surface area contributed by atoms with Gasteiger partial charge in [-0.15, -0.1) is 0 Å². The molecule has 0 saturated carbocycles. The van der Waals surface area contributed by atoms with Gasteiger partial charge in [0.1, 0.15) is 5.75 Å². The molecule has 25 heavy (non-hydrogen) atoms. The Morgan fingerprint density at radius 1 is 1.12 bits per heavy atom. The molecule has 0 saturated heterocycles. The number of amides is 1. The number of benzene rings is 2. The average molecular weight is 340 g/mol. The number of Topliss-reactive ketones (excluding diaryl/α,β-unsaturated/α-hetero) is 1. The summed E-state index contributed by atoms with van der Waals surface area (Å²) in [5.74, 6) is 0.176. The highest BCUT2D eigenvalue weighted by Crippen LogP contribution is 2.23. The van der Waals surface area contributed by atoms with Crippen LogP contribution in [-0.4, -0.2) is 18.3 Å². The van der Waals surface area contributed by atoms with Gasteiger partial charge < -0.3 is 15.8 Å². The van der Waals surface area contributed by atoms with Crippen LogP contribution in [0.4, 0.5) is 11.4 Å². The zero-order valence-corrected chi connectivity index (χ0v) is 14.9. The normalized spacial score (nSPS) is 10.4. The molecule has 0 radical (unpaired) electrons. The molecule has 0 aliphatic carbocycles. The summed E-state index contributed by atoms with van der Waals surface area (Å²) in [6, 6.07) is 10.7. The van der Waals surface area contributed by atoms with Crippen LogP contribution in [0, 0.1) is 13.8 Å². The number of nitrogens with one attached hydrogen (secondary N) is 1. The van der Waals surface area contributed by atoms with Crippen molar-refractivity contribution in [2.45, 2.75) is 33.6 Å². The molecule has 2 rings (SSSR count). The van der Waals surface area contributed by atoms with Crippen LogP contribution in [-0.2, 0) is 4.79 Å². The van der Waals surface area contributed by atoms with E-state index in [4.69, 9.17) is 10.5 Å². The summed E-state index contributed by atoms with van der Waals surface area (Å²) in [6.45, 7) is 5.74. The predicted octanol–water partition coefficient (Wildman–Crippen LogP) is 3.89. The molecule has 3 N–H and O–H groups in total. The lowest BCUT2D eigenvalue weighted by Crippen LogP contribution is -2.21. The molecular weight excluding hydrogens is 316 g/mol. The Hall–Kier alpha value is -2.82. The Bertz CT molecular complexity index is 785. The van der Waals surface area contributed by atoms with Gasteiger partial charge in [-0.25, -0.2) is 0 Å². The Morgan fingerprint density at radius 3 is 2.52 bits per heavy atom. The van der Waals surface area contributed by atoms with E-state index in [2.05, 4.69) is 5.32 Å². The minimum absolute atomic E-state index is 0.0494. The molecule has 0 spiro atoms. The second kappa shape index (κ2) is 8.33. The number of carbonyl (C=O) groups is 2. The van der Waals surface area contributed by atoms with Crippen LogP contribution in [0.25, 0.3) is 0 Å². The van der Waals surface area contributed by atoms with Crippen LogP contribution in [0.3, 0.4) is 0 Å². The van der Waals surface area contributed by atoms with Crippen LogP contribution in [0.2, 0.25) is 0 Å². The molecule has 0 bridgehead atoms. The van der Waals surface area contributed by atoms with Gasteiger partial charge in [-0.3, -0.25) is 9.59 Å². The number of ketones is 1. The smallest absolute Gasteiger partial charge is 0.262 e. The van der Waals surface area contributed by atoms with E-state index < -0.39 is 0 Å². The first-order valence-electron chi connectivity index (χ1n) is 8.33. The summed E-state index contributed by atoms with van der Waals surface area (Å²) in [7, 11) is 0. The Morgan fingerprint density at radius 2 is 1.88 bits per heavy atom. The zero-order valence-electron chi connectivity index (χ0n) is 14.9. The number of carbonyl (C=O) groups excluding carboxylic acids is 2. The molecule has 1 amide bonds. The minimum Gasteiger partial charge on any atom is -0.482 e. The third-order valence-electron chi connectivity index (χ3n) is 3.82.